The Morgan fingerprint density at radius 3 is 3.07 bits per heavy atom. The van der Waals surface area contributed by atoms with Gasteiger partial charge in [-0.15, -0.1) is 11.3 Å². The molecule has 1 aliphatic heterocycles. The van der Waals surface area contributed by atoms with Crippen LogP contribution in [0, 0.1) is 6.92 Å². The fraction of sp³-hybridized carbons (Fsp3) is 0.545. The first kappa shape index (κ1) is 11.1. The zero-order chi connectivity index (χ0) is 10.8. The summed E-state index contributed by atoms with van der Waals surface area (Å²) < 4.78 is 0. The van der Waals surface area contributed by atoms with Crippen molar-refractivity contribution in [2.75, 3.05) is 6.54 Å². The van der Waals surface area contributed by atoms with Crippen LogP contribution in [0.25, 0.3) is 0 Å². The molecule has 1 aromatic heterocycles. The van der Waals surface area contributed by atoms with Crippen molar-refractivity contribution in [3.8, 4) is 0 Å². The normalized spacial score (nSPS) is 22.1. The summed E-state index contributed by atoms with van der Waals surface area (Å²) in [7, 11) is 0. The number of hydrogen-bond acceptors (Lipinski definition) is 2. The number of thiophene rings is 1. The summed E-state index contributed by atoms with van der Waals surface area (Å²) in [6.45, 7) is 3.77. The Morgan fingerprint density at radius 1 is 1.60 bits per heavy atom. The van der Waals surface area contributed by atoms with Gasteiger partial charge in [-0.2, -0.15) is 0 Å². The molecule has 1 atom stereocenters. The summed E-state index contributed by atoms with van der Waals surface area (Å²) in [5.41, 5.74) is 0. The van der Waals surface area contributed by atoms with Crippen LogP contribution >= 0.6 is 27.3 Å². The van der Waals surface area contributed by atoms with E-state index >= 15 is 0 Å². The Hall–Kier alpha value is -0.350. The van der Waals surface area contributed by atoms with Gasteiger partial charge in [-0.05, 0) is 31.9 Å². The summed E-state index contributed by atoms with van der Waals surface area (Å²) >= 11 is 5.20. The zero-order valence-electron chi connectivity index (χ0n) is 8.70. The highest BCUT2D eigenvalue weighted by Gasteiger charge is 2.26. The molecule has 0 saturated carbocycles. The monoisotopic (exact) mass is 287 g/mol. The van der Waals surface area contributed by atoms with Crippen molar-refractivity contribution in [3.05, 3.63) is 21.9 Å². The molecule has 0 bridgehead atoms. The molecule has 15 heavy (non-hydrogen) atoms. The molecule has 0 N–H and O–H groups in total. The molecule has 0 spiro atoms. The highest BCUT2D eigenvalue weighted by Crippen LogP contribution is 2.23. The van der Waals surface area contributed by atoms with Crippen molar-refractivity contribution in [3.63, 3.8) is 0 Å². The number of halogens is 1. The third-order valence-electron chi connectivity index (χ3n) is 2.61. The van der Waals surface area contributed by atoms with Crippen LogP contribution in [0.1, 0.15) is 22.6 Å². The minimum atomic E-state index is 0.0345. The van der Waals surface area contributed by atoms with Gasteiger partial charge in [-0.3, -0.25) is 4.79 Å². The Morgan fingerprint density at radius 2 is 2.40 bits per heavy atom. The molecule has 1 aromatic rings. The molecule has 1 amide bonds. The second-order valence-electron chi connectivity index (χ2n) is 3.88. The molecule has 1 saturated heterocycles. The maximum atomic E-state index is 11.8. The van der Waals surface area contributed by atoms with Crippen LogP contribution in [0.3, 0.4) is 0 Å². The molecule has 0 aliphatic carbocycles. The lowest BCUT2D eigenvalue weighted by Crippen LogP contribution is -2.40. The van der Waals surface area contributed by atoms with E-state index in [0.717, 1.165) is 25.9 Å². The smallest absolute Gasteiger partial charge is 0.236 e. The molecule has 2 heterocycles. The highest BCUT2D eigenvalue weighted by atomic mass is 79.9. The summed E-state index contributed by atoms with van der Waals surface area (Å²) in [5.74, 6) is 0.243. The van der Waals surface area contributed by atoms with E-state index in [1.807, 2.05) is 4.90 Å². The Bertz CT molecular complexity index is 363. The number of carbonyl (C=O) groups is 1. The molecular weight excluding hydrogens is 274 g/mol. The number of alkyl halides is 1. The number of amides is 1. The van der Waals surface area contributed by atoms with Gasteiger partial charge in [0.1, 0.15) is 0 Å². The number of piperidine rings is 1. The van der Waals surface area contributed by atoms with Crippen LogP contribution in [0.2, 0.25) is 0 Å². The quantitative estimate of drug-likeness (QED) is 0.766. The third kappa shape index (κ3) is 2.61. The number of nitrogens with zero attached hydrogens (tertiary/aromatic N) is 1. The van der Waals surface area contributed by atoms with Crippen LogP contribution in [0.4, 0.5) is 0 Å². The summed E-state index contributed by atoms with van der Waals surface area (Å²) in [4.78, 5) is 16.4. The first-order chi connectivity index (χ1) is 7.16. The van der Waals surface area contributed by atoms with Crippen LogP contribution in [0.5, 0.6) is 0 Å². The van der Waals surface area contributed by atoms with Gasteiger partial charge in [0.25, 0.3) is 0 Å². The molecule has 0 radical (unpaired) electrons. The van der Waals surface area contributed by atoms with Gasteiger partial charge in [0, 0.05) is 16.3 Å². The minimum Gasteiger partial charge on any atom is -0.337 e. The van der Waals surface area contributed by atoms with E-state index in [1.54, 1.807) is 11.3 Å². The van der Waals surface area contributed by atoms with Crippen molar-refractivity contribution >= 4 is 33.2 Å². The van der Waals surface area contributed by atoms with Crippen LogP contribution in [-0.4, -0.2) is 22.2 Å². The van der Waals surface area contributed by atoms with Crippen molar-refractivity contribution in [1.29, 1.82) is 0 Å². The molecule has 1 fully saturated rings. The molecule has 1 aliphatic rings. The van der Waals surface area contributed by atoms with Gasteiger partial charge in [-0.25, -0.2) is 0 Å². The second kappa shape index (κ2) is 4.66. The van der Waals surface area contributed by atoms with Crippen LogP contribution < -0.4 is 0 Å². The van der Waals surface area contributed by atoms with Crippen molar-refractivity contribution in [1.82, 2.24) is 4.90 Å². The van der Waals surface area contributed by atoms with Gasteiger partial charge >= 0.3 is 0 Å². The number of likely N-dealkylation sites (tertiary alicyclic amines) is 1. The van der Waals surface area contributed by atoms with E-state index < -0.39 is 0 Å². The van der Waals surface area contributed by atoms with Crippen molar-refractivity contribution in [2.24, 2.45) is 0 Å². The standard InChI is InChI=1S/C11H14BrNOS/c1-8-4-5-9(15-8)7-13-6-2-3-10(12)11(13)14/h4-5,10H,2-3,6-7H2,1H3. The highest BCUT2D eigenvalue weighted by molar-refractivity contribution is 9.10. The Kier molecular flexibility index (Phi) is 3.46. The number of carbonyl (C=O) groups excluding carboxylic acids is 1. The summed E-state index contributed by atoms with van der Waals surface area (Å²) in [6, 6.07) is 4.23. The van der Waals surface area contributed by atoms with Crippen LogP contribution in [0.15, 0.2) is 12.1 Å². The SMILES string of the molecule is Cc1ccc(CN2CCCC(Br)C2=O)s1. The molecule has 82 valence electrons. The van der Waals surface area contributed by atoms with Gasteiger partial charge in [0.2, 0.25) is 5.91 Å². The Labute approximate surface area is 102 Å². The topological polar surface area (TPSA) is 20.3 Å². The maximum Gasteiger partial charge on any atom is 0.236 e. The first-order valence-corrected chi connectivity index (χ1v) is 6.88. The van der Waals surface area contributed by atoms with E-state index in [1.165, 1.54) is 9.75 Å². The molecule has 4 heteroatoms. The van der Waals surface area contributed by atoms with Crippen LogP contribution in [-0.2, 0) is 11.3 Å². The van der Waals surface area contributed by atoms with E-state index in [9.17, 15) is 4.79 Å². The average molecular weight is 288 g/mol. The zero-order valence-corrected chi connectivity index (χ0v) is 11.1. The largest absolute Gasteiger partial charge is 0.337 e. The lowest BCUT2D eigenvalue weighted by Gasteiger charge is -2.29. The summed E-state index contributed by atoms with van der Waals surface area (Å²) in [6.07, 6.45) is 2.07. The van der Waals surface area contributed by atoms with Gasteiger partial charge in [0.15, 0.2) is 0 Å². The van der Waals surface area contributed by atoms with Gasteiger partial charge in [-0.1, -0.05) is 15.9 Å². The Balaban J connectivity index is 2.02. The van der Waals surface area contributed by atoms with Crippen molar-refractivity contribution < 1.29 is 4.79 Å². The maximum absolute atomic E-state index is 11.8. The minimum absolute atomic E-state index is 0.0345. The summed E-state index contributed by atoms with van der Waals surface area (Å²) in [5, 5.41) is 0. The van der Waals surface area contributed by atoms with E-state index in [4.69, 9.17) is 0 Å². The lowest BCUT2D eigenvalue weighted by molar-refractivity contribution is -0.132. The fourth-order valence-corrected chi connectivity index (χ4v) is 3.33. The molecule has 2 nitrogen and oxygen atoms in total. The first-order valence-electron chi connectivity index (χ1n) is 5.15. The molecule has 1 unspecified atom stereocenters. The lowest BCUT2D eigenvalue weighted by atomic mass is 10.1. The average Bonchev–Trinajstić information content (AvgIpc) is 2.59. The molecular formula is C11H14BrNOS. The molecule has 2 rings (SSSR count). The third-order valence-corrected chi connectivity index (χ3v) is 4.44. The second-order valence-corrected chi connectivity index (χ2v) is 6.36. The van der Waals surface area contributed by atoms with Crippen molar-refractivity contribution in [2.45, 2.75) is 31.1 Å². The predicted molar refractivity (Wildman–Crippen MR) is 66.4 cm³/mol. The fourth-order valence-electron chi connectivity index (χ4n) is 1.81. The van der Waals surface area contributed by atoms with Gasteiger partial charge in [0.05, 0.1) is 11.4 Å². The number of rotatable bonds is 2. The van der Waals surface area contributed by atoms with Gasteiger partial charge < -0.3 is 4.90 Å². The van der Waals surface area contributed by atoms with E-state index in [-0.39, 0.29) is 10.7 Å². The van der Waals surface area contributed by atoms with E-state index in [0.29, 0.717) is 0 Å². The van der Waals surface area contributed by atoms with E-state index in [2.05, 4.69) is 35.0 Å². The number of hydrogen-bond donors (Lipinski definition) is 0. The predicted octanol–water partition coefficient (Wildman–Crippen LogP) is 2.94. The molecule has 0 aromatic carbocycles. The number of aryl methyl sites for hydroxylation is 1.